The molecule has 0 unspecified atom stereocenters. The molecular formula is C27H34N2O. The number of phenols is 1. The van der Waals surface area contributed by atoms with Crippen molar-refractivity contribution < 1.29 is 5.11 Å². The van der Waals surface area contributed by atoms with E-state index in [1.165, 1.54) is 39.1 Å². The summed E-state index contributed by atoms with van der Waals surface area (Å²) in [6.07, 6.45) is 3.81. The predicted molar refractivity (Wildman–Crippen MR) is 128 cm³/mol. The summed E-state index contributed by atoms with van der Waals surface area (Å²) in [6.45, 7) is 9.40. The van der Waals surface area contributed by atoms with Crippen molar-refractivity contribution >= 4 is 11.4 Å². The van der Waals surface area contributed by atoms with Gasteiger partial charge in [0.05, 0.1) is 0 Å². The molecule has 4 N–H and O–H groups in total. The van der Waals surface area contributed by atoms with Gasteiger partial charge in [0.2, 0.25) is 0 Å². The van der Waals surface area contributed by atoms with Crippen LogP contribution in [0.5, 0.6) is 5.75 Å². The quantitative estimate of drug-likeness (QED) is 0.395. The van der Waals surface area contributed by atoms with Crippen molar-refractivity contribution in [3.05, 3.63) is 87.5 Å². The lowest BCUT2D eigenvalue weighted by molar-refractivity contribution is 0.474. The van der Waals surface area contributed by atoms with E-state index < -0.39 is 0 Å². The van der Waals surface area contributed by atoms with Gasteiger partial charge in [-0.3, -0.25) is 0 Å². The third-order valence-corrected chi connectivity index (χ3v) is 5.82. The summed E-state index contributed by atoms with van der Waals surface area (Å²) in [5, 5.41) is 13.3. The molecule has 0 heterocycles. The molecule has 3 nitrogen and oxygen atoms in total. The number of aryl methyl sites for hydroxylation is 4. The standard InChI is InChI=1S/C27H34N2O/c1-5-22-13-21(14-23(6-2)26(22)28)12-20-11-18(4)27(24(7-3)15-20)29-17-19-9-8-10-25(30)16-19/h8-11,13-16,29-30H,5-7,12,17,28H2,1-4H3. The number of nitrogen functional groups attached to an aromatic ring is 1. The number of nitrogens with two attached hydrogens (primary N) is 1. The zero-order chi connectivity index (χ0) is 21.7. The molecule has 0 aliphatic rings. The van der Waals surface area contributed by atoms with Gasteiger partial charge < -0.3 is 16.2 Å². The Morgan fingerprint density at radius 3 is 2.00 bits per heavy atom. The first-order valence-corrected chi connectivity index (χ1v) is 11.0. The Kier molecular flexibility index (Phi) is 7.04. The van der Waals surface area contributed by atoms with Gasteiger partial charge in [-0.1, -0.05) is 57.2 Å². The molecule has 0 amide bonds. The molecule has 0 fully saturated rings. The summed E-state index contributed by atoms with van der Waals surface area (Å²) < 4.78 is 0. The van der Waals surface area contributed by atoms with Crippen molar-refractivity contribution in [1.82, 2.24) is 0 Å². The highest BCUT2D eigenvalue weighted by Crippen LogP contribution is 2.28. The summed E-state index contributed by atoms with van der Waals surface area (Å²) in [6, 6.07) is 16.6. The first-order valence-electron chi connectivity index (χ1n) is 11.0. The van der Waals surface area contributed by atoms with Crippen LogP contribution < -0.4 is 11.1 Å². The molecule has 0 spiro atoms. The molecule has 0 radical (unpaired) electrons. The monoisotopic (exact) mass is 402 g/mol. The Labute approximate surface area is 181 Å². The fourth-order valence-corrected chi connectivity index (χ4v) is 4.21. The molecular weight excluding hydrogens is 368 g/mol. The van der Waals surface area contributed by atoms with Crippen LogP contribution in [-0.4, -0.2) is 5.11 Å². The molecule has 3 aromatic carbocycles. The van der Waals surface area contributed by atoms with Gasteiger partial charge in [0.1, 0.15) is 5.75 Å². The number of hydrogen-bond donors (Lipinski definition) is 3. The lowest BCUT2D eigenvalue weighted by Gasteiger charge is -2.17. The normalized spacial score (nSPS) is 10.9. The Morgan fingerprint density at radius 2 is 1.40 bits per heavy atom. The Morgan fingerprint density at radius 1 is 0.800 bits per heavy atom. The number of hydrogen-bond acceptors (Lipinski definition) is 3. The highest BCUT2D eigenvalue weighted by molar-refractivity contribution is 5.60. The largest absolute Gasteiger partial charge is 0.508 e. The second kappa shape index (κ2) is 9.71. The lowest BCUT2D eigenvalue weighted by Crippen LogP contribution is -2.06. The van der Waals surface area contributed by atoms with E-state index >= 15 is 0 Å². The van der Waals surface area contributed by atoms with Gasteiger partial charge >= 0.3 is 0 Å². The lowest BCUT2D eigenvalue weighted by atomic mass is 9.93. The first-order chi connectivity index (χ1) is 14.4. The highest BCUT2D eigenvalue weighted by Gasteiger charge is 2.11. The molecule has 0 aliphatic carbocycles. The van der Waals surface area contributed by atoms with Crippen LogP contribution >= 0.6 is 0 Å². The molecule has 0 atom stereocenters. The Hall–Kier alpha value is -2.94. The fourth-order valence-electron chi connectivity index (χ4n) is 4.21. The number of anilines is 2. The van der Waals surface area contributed by atoms with Crippen molar-refractivity contribution in [3.8, 4) is 5.75 Å². The highest BCUT2D eigenvalue weighted by atomic mass is 16.3. The summed E-state index contributed by atoms with van der Waals surface area (Å²) in [5.74, 6) is 0.304. The van der Waals surface area contributed by atoms with Crippen LogP contribution in [0, 0.1) is 6.92 Å². The van der Waals surface area contributed by atoms with Gasteiger partial charge in [0, 0.05) is 17.9 Å². The second-order valence-electron chi connectivity index (χ2n) is 8.04. The average molecular weight is 403 g/mol. The maximum absolute atomic E-state index is 9.70. The summed E-state index contributed by atoms with van der Waals surface area (Å²) in [5.41, 5.74) is 17.3. The second-order valence-corrected chi connectivity index (χ2v) is 8.04. The van der Waals surface area contributed by atoms with Crippen LogP contribution in [0.4, 0.5) is 11.4 Å². The van der Waals surface area contributed by atoms with E-state index in [0.717, 1.165) is 36.9 Å². The first kappa shape index (κ1) is 21.8. The molecule has 0 saturated heterocycles. The summed E-state index contributed by atoms with van der Waals surface area (Å²) in [4.78, 5) is 0. The van der Waals surface area contributed by atoms with Gasteiger partial charge in [-0.25, -0.2) is 0 Å². The number of nitrogens with one attached hydrogen (secondary N) is 1. The predicted octanol–water partition coefficient (Wildman–Crippen LogP) is 6.17. The van der Waals surface area contributed by atoms with Crippen LogP contribution in [0.1, 0.15) is 59.7 Å². The van der Waals surface area contributed by atoms with E-state index in [9.17, 15) is 5.11 Å². The maximum Gasteiger partial charge on any atom is 0.115 e. The van der Waals surface area contributed by atoms with Gasteiger partial charge in [0.25, 0.3) is 0 Å². The van der Waals surface area contributed by atoms with Gasteiger partial charge in [-0.05, 0) is 83.7 Å². The van der Waals surface area contributed by atoms with Crippen LogP contribution in [0.2, 0.25) is 0 Å². The van der Waals surface area contributed by atoms with E-state index in [1.54, 1.807) is 12.1 Å². The minimum Gasteiger partial charge on any atom is -0.508 e. The minimum atomic E-state index is 0.304. The van der Waals surface area contributed by atoms with Crippen molar-refractivity contribution in [2.75, 3.05) is 11.1 Å². The van der Waals surface area contributed by atoms with E-state index in [-0.39, 0.29) is 0 Å². The Balaban J connectivity index is 1.85. The summed E-state index contributed by atoms with van der Waals surface area (Å²) in [7, 11) is 0. The molecule has 0 bridgehead atoms. The molecule has 3 rings (SSSR count). The van der Waals surface area contributed by atoms with E-state index in [4.69, 9.17) is 5.73 Å². The fraction of sp³-hybridized carbons (Fsp3) is 0.333. The number of rotatable bonds is 8. The van der Waals surface area contributed by atoms with Crippen molar-refractivity contribution in [1.29, 1.82) is 0 Å². The zero-order valence-corrected chi connectivity index (χ0v) is 18.7. The third-order valence-electron chi connectivity index (χ3n) is 5.82. The average Bonchev–Trinajstić information content (AvgIpc) is 2.73. The molecule has 30 heavy (non-hydrogen) atoms. The molecule has 0 aliphatic heterocycles. The summed E-state index contributed by atoms with van der Waals surface area (Å²) >= 11 is 0. The number of aromatic hydroxyl groups is 1. The smallest absolute Gasteiger partial charge is 0.115 e. The maximum atomic E-state index is 9.70. The molecule has 0 saturated carbocycles. The van der Waals surface area contributed by atoms with Crippen LogP contribution in [0.25, 0.3) is 0 Å². The van der Waals surface area contributed by atoms with E-state index in [1.807, 2.05) is 12.1 Å². The molecule has 0 aromatic heterocycles. The van der Waals surface area contributed by atoms with Gasteiger partial charge in [0.15, 0.2) is 0 Å². The van der Waals surface area contributed by atoms with Crippen molar-refractivity contribution in [2.45, 2.75) is 59.9 Å². The number of phenolic OH excluding ortho intramolecular Hbond substituents is 1. The SMILES string of the molecule is CCc1cc(Cc2cc(C)c(NCc3cccc(O)c3)c(CC)c2)cc(CC)c1N. The van der Waals surface area contributed by atoms with Crippen LogP contribution in [-0.2, 0) is 32.2 Å². The molecule has 158 valence electrons. The topological polar surface area (TPSA) is 58.3 Å². The van der Waals surface area contributed by atoms with Gasteiger partial charge in [-0.2, -0.15) is 0 Å². The van der Waals surface area contributed by atoms with E-state index in [2.05, 4.69) is 57.3 Å². The van der Waals surface area contributed by atoms with Gasteiger partial charge in [-0.15, -0.1) is 0 Å². The van der Waals surface area contributed by atoms with Crippen molar-refractivity contribution in [3.63, 3.8) is 0 Å². The Bertz CT molecular complexity index is 998. The third kappa shape index (κ3) is 4.96. The van der Waals surface area contributed by atoms with Crippen LogP contribution in [0.3, 0.4) is 0 Å². The minimum absolute atomic E-state index is 0.304. The zero-order valence-electron chi connectivity index (χ0n) is 18.7. The molecule has 3 aromatic rings. The molecule has 3 heteroatoms. The van der Waals surface area contributed by atoms with Crippen molar-refractivity contribution in [2.24, 2.45) is 0 Å². The van der Waals surface area contributed by atoms with Crippen LogP contribution in [0.15, 0.2) is 48.5 Å². The van der Waals surface area contributed by atoms with E-state index in [0.29, 0.717) is 12.3 Å². The number of benzene rings is 3.